The summed E-state index contributed by atoms with van der Waals surface area (Å²) >= 11 is 0. The van der Waals surface area contributed by atoms with E-state index in [-0.39, 0.29) is 16.6 Å². The first kappa shape index (κ1) is 13.0. The minimum atomic E-state index is 0.219. The Morgan fingerprint density at radius 2 is 0.615 bits per heavy atom. The second-order valence-corrected chi connectivity index (χ2v) is 6.85. The van der Waals surface area contributed by atoms with E-state index in [0.29, 0.717) is 0 Å². The van der Waals surface area contributed by atoms with E-state index in [1.807, 2.05) is 0 Å². The van der Waals surface area contributed by atoms with Crippen molar-refractivity contribution in [3.8, 4) is 0 Å². The lowest BCUT2D eigenvalue weighted by Gasteiger charge is -2.42. The van der Waals surface area contributed by atoms with Gasteiger partial charge in [0.15, 0.2) is 0 Å². The fraction of sp³-hybridized carbons (Fsp3) is 1.00. The lowest BCUT2D eigenvalue weighted by molar-refractivity contribution is 0.0605. The van der Waals surface area contributed by atoms with Gasteiger partial charge in [-0.15, -0.1) is 0 Å². The molecule has 0 saturated carbocycles. The minimum Gasteiger partial charge on any atom is -0.157 e. The van der Waals surface area contributed by atoms with E-state index in [2.05, 4.69) is 67.2 Å². The summed E-state index contributed by atoms with van der Waals surface area (Å²) in [5, 5.41) is 0. The van der Waals surface area contributed by atoms with Crippen LogP contribution in [-0.2, 0) is 0 Å². The SMILES string of the molecule is CC(C)(C)[N+](C(C)(C)C)C(C)(C)C. The molecule has 0 aromatic heterocycles. The van der Waals surface area contributed by atoms with Gasteiger partial charge in [0.05, 0.1) is 0 Å². The van der Waals surface area contributed by atoms with Crippen molar-refractivity contribution < 1.29 is 0 Å². The van der Waals surface area contributed by atoms with Crippen LogP contribution in [0.3, 0.4) is 0 Å². The Hall–Kier alpha value is -0.0400. The Bertz CT molecular complexity index is 128. The van der Waals surface area contributed by atoms with Gasteiger partial charge in [0.25, 0.3) is 0 Å². The van der Waals surface area contributed by atoms with Crippen LogP contribution in [0.1, 0.15) is 62.3 Å². The van der Waals surface area contributed by atoms with Crippen LogP contribution >= 0.6 is 0 Å². The van der Waals surface area contributed by atoms with E-state index >= 15 is 0 Å². The van der Waals surface area contributed by atoms with E-state index in [0.717, 1.165) is 0 Å². The molecule has 0 aliphatic rings. The van der Waals surface area contributed by atoms with Crippen LogP contribution in [-0.4, -0.2) is 16.6 Å². The van der Waals surface area contributed by atoms with Gasteiger partial charge in [0, 0.05) is 0 Å². The van der Waals surface area contributed by atoms with Gasteiger partial charge < -0.3 is 0 Å². The summed E-state index contributed by atoms with van der Waals surface area (Å²) in [6.07, 6.45) is 0. The Labute approximate surface area is 84.5 Å². The molecule has 0 atom stereocenters. The molecular weight excluding hydrogens is 158 g/mol. The van der Waals surface area contributed by atoms with Crippen LogP contribution in [0.5, 0.6) is 0 Å². The van der Waals surface area contributed by atoms with E-state index in [9.17, 15) is 0 Å². The molecule has 1 radical (unpaired) electrons. The largest absolute Gasteiger partial charge is 0.157 e. The molecule has 0 fully saturated rings. The van der Waals surface area contributed by atoms with Crippen LogP contribution in [0.15, 0.2) is 0 Å². The van der Waals surface area contributed by atoms with Gasteiger partial charge in [-0.2, -0.15) is 4.90 Å². The van der Waals surface area contributed by atoms with Crippen LogP contribution in [0.25, 0.3) is 0 Å². The third-order valence-corrected chi connectivity index (χ3v) is 2.01. The molecule has 0 N–H and O–H groups in total. The maximum atomic E-state index is 2.56. The topological polar surface area (TPSA) is 5.90 Å². The zero-order valence-electron chi connectivity index (χ0n) is 10.9. The molecular formula is C12H27N+. The average molecular weight is 185 g/mol. The molecule has 79 valence electrons. The summed E-state index contributed by atoms with van der Waals surface area (Å²) < 4.78 is 0. The first-order valence-electron chi connectivity index (χ1n) is 5.17. The van der Waals surface area contributed by atoms with Gasteiger partial charge in [0.1, 0.15) is 16.6 Å². The van der Waals surface area contributed by atoms with Gasteiger partial charge in [-0.25, -0.2) is 0 Å². The van der Waals surface area contributed by atoms with Crippen molar-refractivity contribution in [3.05, 3.63) is 0 Å². The summed E-state index contributed by atoms with van der Waals surface area (Å²) in [4.78, 5) is 2.56. The molecule has 0 bridgehead atoms. The zero-order valence-corrected chi connectivity index (χ0v) is 10.9. The normalized spacial score (nSPS) is 15.2. The first-order valence-corrected chi connectivity index (χ1v) is 5.17. The molecule has 1 nitrogen and oxygen atoms in total. The number of hydrogen-bond acceptors (Lipinski definition) is 1. The quantitative estimate of drug-likeness (QED) is 0.509. The van der Waals surface area contributed by atoms with Gasteiger partial charge >= 0.3 is 0 Å². The first-order chi connectivity index (χ1) is 5.37. The average Bonchev–Trinajstić information content (AvgIpc) is 1.44. The molecule has 0 aromatic carbocycles. The van der Waals surface area contributed by atoms with Crippen molar-refractivity contribution in [2.75, 3.05) is 0 Å². The van der Waals surface area contributed by atoms with Crippen LogP contribution in [0.2, 0.25) is 0 Å². The summed E-state index contributed by atoms with van der Waals surface area (Å²) in [5.74, 6) is 0. The summed E-state index contributed by atoms with van der Waals surface area (Å²) in [6.45, 7) is 20.5. The molecule has 0 amide bonds. The lowest BCUT2D eigenvalue weighted by Crippen LogP contribution is -2.65. The lowest BCUT2D eigenvalue weighted by atomic mass is 9.88. The Kier molecular flexibility index (Phi) is 3.26. The molecule has 0 heterocycles. The van der Waals surface area contributed by atoms with E-state index in [4.69, 9.17) is 0 Å². The maximum Gasteiger partial charge on any atom is 0.135 e. The number of hydrogen-bond donors (Lipinski definition) is 0. The molecule has 0 aromatic rings. The number of rotatable bonds is 0. The Morgan fingerprint density at radius 3 is 0.615 bits per heavy atom. The molecule has 0 rings (SSSR count). The predicted octanol–water partition coefficient (Wildman–Crippen LogP) is 3.52. The standard InChI is InChI=1S/C12H27N/c1-10(2,3)13(11(4,5)6)12(7,8)9/h1-9H3/q+1. The predicted molar refractivity (Wildman–Crippen MR) is 61.4 cm³/mol. The highest BCUT2D eigenvalue weighted by atomic mass is 15.3. The Morgan fingerprint density at radius 1 is 0.462 bits per heavy atom. The van der Waals surface area contributed by atoms with Gasteiger partial charge in [0.2, 0.25) is 0 Å². The van der Waals surface area contributed by atoms with Crippen molar-refractivity contribution in [2.24, 2.45) is 0 Å². The minimum absolute atomic E-state index is 0.219. The second kappa shape index (κ2) is 3.27. The van der Waals surface area contributed by atoms with Crippen LogP contribution in [0.4, 0.5) is 0 Å². The number of nitrogens with zero attached hydrogens (tertiary/aromatic N) is 1. The molecule has 0 unspecified atom stereocenters. The monoisotopic (exact) mass is 185 g/mol. The van der Waals surface area contributed by atoms with Crippen LogP contribution < -0.4 is 4.90 Å². The van der Waals surface area contributed by atoms with E-state index in [1.165, 1.54) is 0 Å². The molecule has 0 aliphatic carbocycles. The molecule has 0 spiro atoms. The zero-order chi connectivity index (χ0) is 11.1. The van der Waals surface area contributed by atoms with Gasteiger partial charge in [-0.1, -0.05) is 0 Å². The highest BCUT2D eigenvalue weighted by Gasteiger charge is 2.49. The fourth-order valence-electron chi connectivity index (χ4n) is 3.02. The third-order valence-electron chi connectivity index (χ3n) is 2.01. The summed E-state index contributed by atoms with van der Waals surface area (Å²) in [7, 11) is 0. The van der Waals surface area contributed by atoms with Crippen molar-refractivity contribution in [3.63, 3.8) is 0 Å². The van der Waals surface area contributed by atoms with Gasteiger partial charge in [-0.3, -0.25) is 0 Å². The summed E-state index contributed by atoms with van der Waals surface area (Å²) in [6, 6.07) is 0. The van der Waals surface area contributed by atoms with E-state index < -0.39 is 0 Å². The molecule has 13 heavy (non-hydrogen) atoms. The molecule has 0 aliphatic heterocycles. The maximum absolute atomic E-state index is 2.56. The molecule has 1 heteroatoms. The van der Waals surface area contributed by atoms with Crippen LogP contribution in [0, 0.1) is 0 Å². The fourth-order valence-corrected chi connectivity index (χ4v) is 3.02. The molecule has 0 saturated heterocycles. The van der Waals surface area contributed by atoms with Crippen molar-refractivity contribution in [1.82, 2.24) is 4.90 Å². The van der Waals surface area contributed by atoms with Crippen molar-refractivity contribution in [1.29, 1.82) is 0 Å². The summed E-state index contributed by atoms with van der Waals surface area (Å²) in [5.41, 5.74) is 0.656. The highest BCUT2D eigenvalue weighted by Crippen LogP contribution is 2.29. The van der Waals surface area contributed by atoms with Crippen molar-refractivity contribution >= 4 is 0 Å². The van der Waals surface area contributed by atoms with E-state index in [1.54, 1.807) is 0 Å². The smallest absolute Gasteiger partial charge is 0.135 e. The third kappa shape index (κ3) is 3.68. The van der Waals surface area contributed by atoms with Gasteiger partial charge in [-0.05, 0) is 62.3 Å². The van der Waals surface area contributed by atoms with Crippen molar-refractivity contribution in [2.45, 2.75) is 78.9 Å². The highest BCUT2D eigenvalue weighted by molar-refractivity contribution is 5.00. The Balaban J connectivity index is 5.02. The second-order valence-electron chi connectivity index (χ2n) is 6.85.